The Morgan fingerprint density at radius 1 is 1.14 bits per heavy atom. The number of aliphatic hydroxyl groups is 1. The van der Waals surface area contributed by atoms with Crippen LogP contribution in [0.5, 0.6) is 0 Å². The van der Waals surface area contributed by atoms with Crippen LogP contribution in [-0.2, 0) is 0 Å². The standard InChI is InChI=1S/C16H20N2O3/c1-2-16(7-3-4-8-16)13(19)10-5-6-11-12(9-10)18-15(21)14(20)17-11/h5-6,9,13,19H,2-4,7-8H2,1H3,(H,17,20)(H,18,21). The van der Waals surface area contributed by atoms with Crippen molar-refractivity contribution in [1.82, 2.24) is 9.97 Å². The van der Waals surface area contributed by atoms with E-state index in [1.165, 1.54) is 0 Å². The van der Waals surface area contributed by atoms with Gasteiger partial charge in [-0.2, -0.15) is 0 Å². The molecule has 3 N–H and O–H groups in total. The summed E-state index contributed by atoms with van der Waals surface area (Å²) in [5.74, 6) is 0. The molecule has 1 aromatic carbocycles. The van der Waals surface area contributed by atoms with E-state index in [9.17, 15) is 14.7 Å². The number of rotatable bonds is 3. The van der Waals surface area contributed by atoms with E-state index in [2.05, 4.69) is 16.9 Å². The number of fused-ring (bicyclic) bond motifs is 1. The number of hydrogen-bond donors (Lipinski definition) is 3. The zero-order chi connectivity index (χ0) is 15.0. The summed E-state index contributed by atoms with van der Waals surface area (Å²) in [6, 6.07) is 5.34. The van der Waals surface area contributed by atoms with Crippen LogP contribution in [0.15, 0.2) is 27.8 Å². The lowest BCUT2D eigenvalue weighted by atomic mass is 9.75. The summed E-state index contributed by atoms with van der Waals surface area (Å²) in [5, 5.41) is 10.8. The average Bonchev–Trinajstić information content (AvgIpc) is 2.97. The Bertz CT molecular complexity index is 769. The van der Waals surface area contributed by atoms with Crippen LogP contribution in [0.4, 0.5) is 0 Å². The first-order valence-electron chi connectivity index (χ1n) is 7.50. The monoisotopic (exact) mass is 288 g/mol. The van der Waals surface area contributed by atoms with Gasteiger partial charge < -0.3 is 15.1 Å². The lowest BCUT2D eigenvalue weighted by Gasteiger charge is -2.33. The molecule has 112 valence electrons. The number of aromatic amines is 2. The van der Waals surface area contributed by atoms with Gasteiger partial charge in [-0.05, 0) is 37.0 Å². The van der Waals surface area contributed by atoms with E-state index >= 15 is 0 Å². The molecule has 1 aliphatic carbocycles. The van der Waals surface area contributed by atoms with E-state index in [0.29, 0.717) is 11.0 Å². The zero-order valence-corrected chi connectivity index (χ0v) is 12.1. The van der Waals surface area contributed by atoms with E-state index in [-0.39, 0.29) is 5.41 Å². The van der Waals surface area contributed by atoms with Crippen LogP contribution < -0.4 is 11.1 Å². The Morgan fingerprint density at radius 3 is 2.38 bits per heavy atom. The molecular formula is C16H20N2O3. The molecule has 0 aliphatic heterocycles. The van der Waals surface area contributed by atoms with Crippen LogP contribution in [0, 0.1) is 5.41 Å². The summed E-state index contributed by atoms with van der Waals surface area (Å²) in [6.45, 7) is 2.12. The maximum atomic E-state index is 11.4. The molecule has 5 heteroatoms. The quantitative estimate of drug-likeness (QED) is 0.757. The van der Waals surface area contributed by atoms with Crippen LogP contribution in [0.1, 0.15) is 50.7 Å². The highest BCUT2D eigenvalue weighted by atomic mass is 16.3. The first kappa shape index (κ1) is 14.1. The Balaban J connectivity index is 2.06. The minimum absolute atomic E-state index is 0.0594. The van der Waals surface area contributed by atoms with Gasteiger partial charge >= 0.3 is 11.1 Å². The number of hydrogen-bond acceptors (Lipinski definition) is 3. The van der Waals surface area contributed by atoms with E-state index in [1.54, 1.807) is 12.1 Å². The molecule has 0 radical (unpaired) electrons. The highest BCUT2D eigenvalue weighted by Gasteiger charge is 2.39. The summed E-state index contributed by atoms with van der Waals surface area (Å²) in [5.41, 5.74) is 0.551. The predicted octanol–water partition coefficient (Wildman–Crippen LogP) is 2.22. The van der Waals surface area contributed by atoms with Gasteiger partial charge in [0.15, 0.2) is 0 Å². The average molecular weight is 288 g/mol. The van der Waals surface area contributed by atoms with Crippen molar-refractivity contribution in [3.05, 3.63) is 44.5 Å². The minimum Gasteiger partial charge on any atom is -0.388 e. The van der Waals surface area contributed by atoms with Gasteiger partial charge in [0, 0.05) is 5.41 Å². The van der Waals surface area contributed by atoms with Crippen molar-refractivity contribution >= 4 is 11.0 Å². The predicted molar refractivity (Wildman–Crippen MR) is 81.3 cm³/mol. The summed E-state index contributed by atoms with van der Waals surface area (Å²) in [6.07, 6.45) is 4.78. The van der Waals surface area contributed by atoms with Crippen molar-refractivity contribution in [3.8, 4) is 0 Å². The van der Waals surface area contributed by atoms with Crippen LogP contribution in [0.25, 0.3) is 11.0 Å². The van der Waals surface area contributed by atoms with Crippen LogP contribution in [0.2, 0.25) is 0 Å². The molecule has 21 heavy (non-hydrogen) atoms. The van der Waals surface area contributed by atoms with E-state index in [1.807, 2.05) is 6.07 Å². The number of aromatic nitrogens is 2. The molecule has 5 nitrogen and oxygen atoms in total. The van der Waals surface area contributed by atoms with Crippen molar-refractivity contribution in [2.45, 2.75) is 45.1 Å². The van der Waals surface area contributed by atoms with Gasteiger partial charge in [0.2, 0.25) is 0 Å². The molecule has 1 aromatic heterocycles. The summed E-state index contributed by atoms with van der Waals surface area (Å²) in [4.78, 5) is 27.8. The summed E-state index contributed by atoms with van der Waals surface area (Å²) < 4.78 is 0. The van der Waals surface area contributed by atoms with Crippen molar-refractivity contribution in [1.29, 1.82) is 0 Å². The number of H-pyrrole nitrogens is 2. The molecule has 2 aromatic rings. The van der Waals surface area contributed by atoms with Crippen molar-refractivity contribution < 1.29 is 5.11 Å². The van der Waals surface area contributed by atoms with E-state index in [4.69, 9.17) is 0 Å². The second-order valence-corrected chi connectivity index (χ2v) is 6.04. The van der Waals surface area contributed by atoms with E-state index < -0.39 is 17.2 Å². The fourth-order valence-electron chi connectivity index (χ4n) is 3.56. The minimum atomic E-state index is -0.666. The van der Waals surface area contributed by atoms with Crippen molar-refractivity contribution in [3.63, 3.8) is 0 Å². The van der Waals surface area contributed by atoms with Crippen LogP contribution >= 0.6 is 0 Å². The number of aliphatic hydroxyl groups excluding tert-OH is 1. The SMILES string of the molecule is CCC1(C(O)c2ccc3[nH]c(=O)c(=O)[nH]c3c2)CCCC1. The molecule has 1 saturated carbocycles. The Morgan fingerprint density at radius 2 is 1.76 bits per heavy atom. The van der Waals surface area contributed by atoms with E-state index in [0.717, 1.165) is 37.7 Å². The van der Waals surface area contributed by atoms with Crippen molar-refractivity contribution in [2.75, 3.05) is 0 Å². The van der Waals surface area contributed by atoms with Gasteiger partial charge in [-0.1, -0.05) is 25.8 Å². The van der Waals surface area contributed by atoms with Gasteiger partial charge in [-0.25, -0.2) is 0 Å². The van der Waals surface area contributed by atoms with Gasteiger partial charge in [-0.3, -0.25) is 9.59 Å². The smallest absolute Gasteiger partial charge is 0.314 e. The third-order valence-electron chi connectivity index (χ3n) is 4.95. The highest BCUT2D eigenvalue weighted by Crippen LogP contribution is 2.50. The first-order chi connectivity index (χ1) is 10.1. The van der Waals surface area contributed by atoms with Crippen molar-refractivity contribution in [2.24, 2.45) is 5.41 Å². The van der Waals surface area contributed by atoms with Gasteiger partial charge in [0.25, 0.3) is 0 Å². The lowest BCUT2D eigenvalue weighted by Crippen LogP contribution is -2.29. The van der Waals surface area contributed by atoms with Gasteiger partial charge in [0.05, 0.1) is 17.1 Å². The molecule has 1 heterocycles. The van der Waals surface area contributed by atoms with Gasteiger partial charge in [0.1, 0.15) is 0 Å². The normalized spacial score (nSPS) is 19.0. The lowest BCUT2D eigenvalue weighted by molar-refractivity contribution is 0.0238. The molecule has 0 amide bonds. The molecule has 1 unspecified atom stereocenters. The Labute approximate surface area is 122 Å². The molecular weight excluding hydrogens is 268 g/mol. The molecule has 1 atom stereocenters. The molecule has 0 bridgehead atoms. The molecule has 1 fully saturated rings. The molecule has 3 rings (SSSR count). The number of benzene rings is 1. The largest absolute Gasteiger partial charge is 0.388 e. The first-order valence-corrected chi connectivity index (χ1v) is 7.50. The Hall–Kier alpha value is -1.88. The zero-order valence-electron chi connectivity index (χ0n) is 12.1. The highest BCUT2D eigenvalue weighted by molar-refractivity contribution is 5.74. The molecule has 1 aliphatic rings. The molecule has 0 saturated heterocycles. The summed E-state index contributed by atoms with van der Waals surface area (Å²) >= 11 is 0. The second kappa shape index (κ2) is 5.15. The third-order valence-corrected chi connectivity index (χ3v) is 4.95. The fourth-order valence-corrected chi connectivity index (χ4v) is 3.56. The summed E-state index contributed by atoms with van der Waals surface area (Å²) in [7, 11) is 0. The maximum Gasteiger partial charge on any atom is 0.314 e. The fraction of sp³-hybridized carbons (Fsp3) is 0.500. The third kappa shape index (κ3) is 2.31. The molecule has 0 spiro atoms. The van der Waals surface area contributed by atoms with Crippen LogP contribution in [-0.4, -0.2) is 15.1 Å². The second-order valence-electron chi connectivity index (χ2n) is 6.04. The van der Waals surface area contributed by atoms with Crippen LogP contribution in [0.3, 0.4) is 0 Å². The maximum absolute atomic E-state index is 11.4. The topological polar surface area (TPSA) is 85.9 Å². The number of nitrogens with one attached hydrogen (secondary N) is 2. The Kier molecular flexibility index (Phi) is 3.45. The van der Waals surface area contributed by atoms with Gasteiger partial charge in [-0.15, -0.1) is 0 Å².